The summed E-state index contributed by atoms with van der Waals surface area (Å²) in [6, 6.07) is 6.62. The van der Waals surface area contributed by atoms with Crippen LogP contribution >= 0.6 is 0 Å². The number of hydrogen-bond donors (Lipinski definition) is 2. The van der Waals surface area contributed by atoms with Gasteiger partial charge in [0, 0.05) is 13.2 Å². The molecule has 1 heterocycles. The molecular weight excluding hydrogens is 269 g/mol. The molecule has 0 bridgehead atoms. The van der Waals surface area contributed by atoms with Crippen molar-refractivity contribution < 1.29 is 13.2 Å². The highest BCUT2D eigenvalue weighted by molar-refractivity contribution is 5.26. The number of hydrazine groups is 1. The lowest BCUT2D eigenvalue weighted by molar-refractivity contribution is -0.137. The Morgan fingerprint density at radius 3 is 2.35 bits per heavy atom. The Hall–Kier alpha value is -1.86. The fourth-order valence-corrected chi connectivity index (χ4v) is 1.93. The quantitative estimate of drug-likeness (QED) is 0.668. The third-order valence-corrected chi connectivity index (χ3v) is 3.01. The van der Waals surface area contributed by atoms with E-state index in [1.165, 1.54) is 12.1 Å². The molecule has 2 rings (SSSR count). The molecule has 0 saturated carbocycles. The van der Waals surface area contributed by atoms with Gasteiger partial charge in [0.25, 0.3) is 0 Å². The summed E-state index contributed by atoms with van der Waals surface area (Å²) in [5.41, 5.74) is 3.47. The van der Waals surface area contributed by atoms with E-state index in [4.69, 9.17) is 5.84 Å². The first-order chi connectivity index (χ1) is 9.40. The number of nitrogens with one attached hydrogen (secondary N) is 1. The lowest BCUT2D eigenvalue weighted by Crippen LogP contribution is -2.30. The summed E-state index contributed by atoms with van der Waals surface area (Å²) in [6.45, 7) is 0. The summed E-state index contributed by atoms with van der Waals surface area (Å²) in [5, 5.41) is 4.23. The zero-order chi connectivity index (χ0) is 14.8. The molecule has 1 unspecified atom stereocenters. The third kappa shape index (κ3) is 3.37. The average molecular weight is 284 g/mol. The van der Waals surface area contributed by atoms with Gasteiger partial charge >= 0.3 is 6.18 Å². The van der Waals surface area contributed by atoms with E-state index >= 15 is 0 Å². The second kappa shape index (κ2) is 5.64. The lowest BCUT2D eigenvalue weighted by Gasteiger charge is -2.14. The topological polar surface area (TPSA) is 55.9 Å². The molecule has 0 saturated heterocycles. The number of benzene rings is 1. The second-order valence-electron chi connectivity index (χ2n) is 4.53. The van der Waals surface area contributed by atoms with Gasteiger partial charge in [0.1, 0.15) is 0 Å². The maximum atomic E-state index is 12.5. The fraction of sp³-hybridized carbons (Fsp3) is 0.308. The van der Waals surface area contributed by atoms with E-state index in [0.29, 0.717) is 6.42 Å². The highest BCUT2D eigenvalue weighted by Crippen LogP contribution is 2.29. The molecule has 4 nitrogen and oxygen atoms in total. The minimum absolute atomic E-state index is 0.243. The molecule has 0 aliphatic heterocycles. The van der Waals surface area contributed by atoms with Gasteiger partial charge in [-0.05, 0) is 30.2 Å². The number of rotatable bonds is 4. The normalized spacial score (nSPS) is 13.4. The molecule has 2 aromatic rings. The first-order valence-electron chi connectivity index (χ1n) is 6.02. The minimum Gasteiger partial charge on any atom is -0.275 e. The van der Waals surface area contributed by atoms with Crippen LogP contribution in [0.5, 0.6) is 0 Å². The largest absolute Gasteiger partial charge is 0.416 e. The van der Waals surface area contributed by atoms with Gasteiger partial charge in [0.15, 0.2) is 0 Å². The third-order valence-electron chi connectivity index (χ3n) is 3.01. The number of hydrogen-bond acceptors (Lipinski definition) is 3. The fourth-order valence-electron chi connectivity index (χ4n) is 1.93. The van der Waals surface area contributed by atoms with Crippen molar-refractivity contribution in [1.82, 2.24) is 15.2 Å². The molecule has 20 heavy (non-hydrogen) atoms. The van der Waals surface area contributed by atoms with Crippen molar-refractivity contribution in [2.24, 2.45) is 12.9 Å². The van der Waals surface area contributed by atoms with Crippen molar-refractivity contribution in [1.29, 1.82) is 0 Å². The molecule has 1 atom stereocenters. The molecule has 0 spiro atoms. The molecule has 0 fully saturated rings. The van der Waals surface area contributed by atoms with Crippen LogP contribution in [0, 0.1) is 0 Å². The van der Waals surface area contributed by atoms with Crippen LogP contribution in [-0.4, -0.2) is 9.78 Å². The van der Waals surface area contributed by atoms with Gasteiger partial charge in [-0.2, -0.15) is 18.3 Å². The zero-order valence-corrected chi connectivity index (χ0v) is 10.9. The summed E-state index contributed by atoms with van der Waals surface area (Å²) in [4.78, 5) is 0. The van der Waals surface area contributed by atoms with Crippen LogP contribution in [0.3, 0.4) is 0 Å². The highest BCUT2D eigenvalue weighted by atomic mass is 19.4. The van der Waals surface area contributed by atoms with Gasteiger partial charge in [0.05, 0.1) is 17.3 Å². The van der Waals surface area contributed by atoms with Crippen molar-refractivity contribution in [2.75, 3.05) is 0 Å². The second-order valence-corrected chi connectivity index (χ2v) is 4.53. The Kier molecular flexibility index (Phi) is 4.10. The van der Waals surface area contributed by atoms with Gasteiger partial charge in [0.2, 0.25) is 0 Å². The van der Waals surface area contributed by atoms with E-state index in [1.807, 2.05) is 6.07 Å². The van der Waals surface area contributed by atoms with Crippen LogP contribution in [0.15, 0.2) is 36.5 Å². The molecule has 7 heteroatoms. The van der Waals surface area contributed by atoms with E-state index in [-0.39, 0.29) is 6.04 Å². The van der Waals surface area contributed by atoms with Gasteiger partial charge in [-0.3, -0.25) is 16.0 Å². The summed E-state index contributed by atoms with van der Waals surface area (Å²) < 4.78 is 39.1. The zero-order valence-electron chi connectivity index (χ0n) is 10.9. The Labute approximate surface area is 114 Å². The number of halogens is 3. The summed E-state index contributed by atoms with van der Waals surface area (Å²) in [5.74, 6) is 5.48. The van der Waals surface area contributed by atoms with E-state index in [2.05, 4.69) is 10.5 Å². The monoisotopic (exact) mass is 284 g/mol. The van der Waals surface area contributed by atoms with E-state index in [9.17, 15) is 13.2 Å². The SMILES string of the molecule is Cn1ccc(C(Cc2ccc(C(F)(F)F)cc2)NN)n1. The molecule has 0 aliphatic carbocycles. The van der Waals surface area contributed by atoms with Crippen LogP contribution in [0.2, 0.25) is 0 Å². The number of nitrogens with two attached hydrogens (primary N) is 1. The van der Waals surface area contributed by atoms with Crippen LogP contribution < -0.4 is 11.3 Å². The molecule has 108 valence electrons. The van der Waals surface area contributed by atoms with E-state index in [1.54, 1.807) is 17.9 Å². The Bertz CT molecular complexity index is 560. The van der Waals surface area contributed by atoms with Gasteiger partial charge < -0.3 is 0 Å². The molecule has 1 aromatic carbocycles. The lowest BCUT2D eigenvalue weighted by atomic mass is 10.0. The molecule has 0 aliphatic rings. The van der Waals surface area contributed by atoms with Gasteiger partial charge in [-0.25, -0.2) is 0 Å². The first-order valence-corrected chi connectivity index (χ1v) is 6.02. The van der Waals surface area contributed by atoms with Gasteiger partial charge in [-0.1, -0.05) is 12.1 Å². The van der Waals surface area contributed by atoms with Crippen LogP contribution in [0.1, 0.15) is 22.9 Å². The molecule has 1 aromatic heterocycles. The smallest absolute Gasteiger partial charge is 0.275 e. The highest BCUT2D eigenvalue weighted by Gasteiger charge is 2.30. The van der Waals surface area contributed by atoms with Crippen LogP contribution in [-0.2, 0) is 19.6 Å². The Balaban J connectivity index is 2.12. The number of aromatic nitrogens is 2. The summed E-state index contributed by atoms with van der Waals surface area (Å²) >= 11 is 0. The predicted octanol–water partition coefficient (Wildman–Crippen LogP) is 2.19. The maximum absolute atomic E-state index is 12.5. The van der Waals surface area contributed by atoms with Crippen molar-refractivity contribution in [3.63, 3.8) is 0 Å². The van der Waals surface area contributed by atoms with Crippen molar-refractivity contribution >= 4 is 0 Å². The van der Waals surface area contributed by atoms with E-state index in [0.717, 1.165) is 23.4 Å². The minimum atomic E-state index is -4.31. The number of alkyl halides is 3. The number of nitrogens with zero attached hydrogens (tertiary/aromatic N) is 2. The molecule has 0 amide bonds. The molecule has 0 radical (unpaired) electrons. The maximum Gasteiger partial charge on any atom is 0.416 e. The van der Waals surface area contributed by atoms with Gasteiger partial charge in [-0.15, -0.1) is 0 Å². The molecule has 3 N–H and O–H groups in total. The summed E-state index contributed by atoms with van der Waals surface area (Å²) in [6.07, 6.45) is -2.07. The van der Waals surface area contributed by atoms with Crippen LogP contribution in [0.4, 0.5) is 13.2 Å². The average Bonchev–Trinajstić information content (AvgIpc) is 2.82. The number of aryl methyl sites for hydroxylation is 1. The van der Waals surface area contributed by atoms with Crippen molar-refractivity contribution in [3.8, 4) is 0 Å². The first kappa shape index (κ1) is 14.5. The van der Waals surface area contributed by atoms with Crippen molar-refractivity contribution in [2.45, 2.75) is 18.6 Å². The Morgan fingerprint density at radius 2 is 1.90 bits per heavy atom. The molecular formula is C13H15F3N4. The summed E-state index contributed by atoms with van der Waals surface area (Å²) in [7, 11) is 1.79. The standard InChI is InChI=1S/C13H15F3N4/c1-20-7-6-11(19-20)12(18-17)8-9-2-4-10(5-3-9)13(14,15)16/h2-7,12,18H,8,17H2,1H3. The predicted molar refractivity (Wildman–Crippen MR) is 68.4 cm³/mol. The van der Waals surface area contributed by atoms with Crippen molar-refractivity contribution in [3.05, 3.63) is 53.3 Å². The van der Waals surface area contributed by atoms with Crippen LogP contribution in [0.25, 0.3) is 0 Å². The Morgan fingerprint density at radius 1 is 1.25 bits per heavy atom. The van der Waals surface area contributed by atoms with E-state index < -0.39 is 11.7 Å².